The van der Waals surface area contributed by atoms with Crippen molar-refractivity contribution >= 4 is 33.7 Å². The molecule has 2 rings (SSSR count). The van der Waals surface area contributed by atoms with Crippen molar-refractivity contribution in [2.24, 2.45) is 0 Å². The number of carboxylic acid groups (broad SMARTS) is 1. The van der Waals surface area contributed by atoms with Gasteiger partial charge in [0.2, 0.25) is 0 Å². The Morgan fingerprint density at radius 1 is 1.36 bits per heavy atom. The lowest BCUT2D eigenvalue weighted by Gasteiger charge is -2.20. The minimum absolute atomic E-state index is 0.128. The number of hydrogen-bond donors (Lipinski definition) is 1. The first-order chi connectivity index (χ1) is 10.5. The molecule has 0 spiro atoms. The number of carboxylic acids is 1. The number of carbonyl (C=O) groups is 2. The van der Waals surface area contributed by atoms with E-state index in [-0.39, 0.29) is 11.9 Å². The molecule has 5 nitrogen and oxygen atoms in total. The second-order valence-corrected chi connectivity index (χ2v) is 7.94. The fraction of sp³-hybridized carbons (Fsp3) is 0.467. The Morgan fingerprint density at radius 3 is 2.64 bits per heavy atom. The first-order valence-corrected chi connectivity index (χ1v) is 9.54. The molecule has 1 aliphatic rings. The van der Waals surface area contributed by atoms with E-state index in [0.29, 0.717) is 13.0 Å². The summed E-state index contributed by atoms with van der Waals surface area (Å²) in [6.45, 7) is 2.55. The standard InChI is InChI=1S/C15H19NO4S2/c1-10-3-5-11(6-4-10)9-20-15(19)16-8-12(22-21-2)7-13(16)14(17)18/h3-6,12-13H,7-9H2,1-2H3,(H,17,18)/t12-,13+/m1/s1. The van der Waals surface area contributed by atoms with Gasteiger partial charge in [-0.1, -0.05) is 51.4 Å². The average molecular weight is 341 g/mol. The molecule has 0 aromatic heterocycles. The van der Waals surface area contributed by atoms with Crippen molar-refractivity contribution in [3.63, 3.8) is 0 Å². The Bertz CT molecular complexity index is 535. The van der Waals surface area contributed by atoms with Gasteiger partial charge in [0.15, 0.2) is 0 Å². The lowest BCUT2D eigenvalue weighted by Crippen LogP contribution is -2.40. The summed E-state index contributed by atoms with van der Waals surface area (Å²) in [5.41, 5.74) is 2.03. The van der Waals surface area contributed by atoms with Gasteiger partial charge in [0, 0.05) is 11.8 Å². The lowest BCUT2D eigenvalue weighted by molar-refractivity contribution is -0.141. The number of rotatable bonds is 5. The number of aliphatic carboxylic acids is 1. The number of carbonyl (C=O) groups excluding carboxylic acids is 1. The fourth-order valence-corrected chi connectivity index (χ4v) is 4.34. The summed E-state index contributed by atoms with van der Waals surface area (Å²) in [6.07, 6.45) is 1.84. The quantitative estimate of drug-likeness (QED) is 0.830. The van der Waals surface area contributed by atoms with Crippen molar-refractivity contribution in [2.75, 3.05) is 12.8 Å². The van der Waals surface area contributed by atoms with Crippen molar-refractivity contribution in [1.82, 2.24) is 4.90 Å². The Kier molecular flexibility index (Phi) is 6.02. The summed E-state index contributed by atoms with van der Waals surface area (Å²) in [6, 6.07) is 6.89. The van der Waals surface area contributed by atoms with Crippen LogP contribution in [0.25, 0.3) is 0 Å². The predicted molar refractivity (Wildman–Crippen MR) is 89.0 cm³/mol. The van der Waals surface area contributed by atoms with Crippen LogP contribution >= 0.6 is 21.6 Å². The highest BCUT2D eigenvalue weighted by atomic mass is 33.1. The summed E-state index contributed by atoms with van der Waals surface area (Å²) < 4.78 is 5.27. The number of amides is 1. The van der Waals surface area contributed by atoms with E-state index in [1.54, 1.807) is 21.6 Å². The molecule has 1 aromatic carbocycles. The molecule has 0 unspecified atom stereocenters. The van der Waals surface area contributed by atoms with Crippen molar-refractivity contribution < 1.29 is 19.4 Å². The second kappa shape index (κ2) is 7.78. The van der Waals surface area contributed by atoms with Crippen molar-refractivity contribution in [3.05, 3.63) is 35.4 Å². The van der Waals surface area contributed by atoms with Crippen LogP contribution in [-0.4, -0.2) is 46.2 Å². The van der Waals surface area contributed by atoms with Gasteiger partial charge in [0.1, 0.15) is 12.6 Å². The first-order valence-electron chi connectivity index (χ1n) is 6.92. The maximum Gasteiger partial charge on any atom is 0.410 e. The van der Waals surface area contributed by atoms with E-state index in [4.69, 9.17) is 4.74 Å². The number of benzene rings is 1. The molecule has 0 radical (unpaired) electrons. The van der Waals surface area contributed by atoms with Gasteiger partial charge in [-0.3, -0.25) is 4.90 Å². The zero-order valence-electron chi connectivity index (χ0n) is 12.5. The molecule has 1 N–H and O–H groups in total. The second-order valence-electron chi connectivity index (χ2n) is 5.17. The van der Waals surface area contributed by atoms with Crippen LogP contribution in [0.3, 0.4) is 0 Å². The fourth-order valence-electron chi connectivity index (χ4n) is 2.35. The van der Waals surface area contributed by atoms with E-state index in [9.17, 15) is 14.7 Å². The Hall–Kier alpha value is -1.34. The maximum atomic E-state index is 12.2. The summed E-state index contributed by atoms with van der Waals surface area (Å²) in [7, 11) is 3.18. The molecule has 0 bridgehead atoms. The third-order valence-electron chi connectivity index (χ3n) is 3.50. The molecule has 2 atom stereocenters. The number of hydrogen-bond acceptors (Lipinski definition) is 5. The van der Waals surface area contributed by atoms with E-state index in [2.05, 4.69) is 0 Å². The number of ether oxygens (including phenoxy) is 1. The zero-order chi connectivity index (χ0) is 16.1. The first kappa shape index (κ1) is 17.0. The van der Waals surface area contributed by atoms with E-state index in [1.807, 2.05) is 37.4 Å². The minimum atomic E-state index is -0.975. The van der Waals surface area contributed by atoms with Crippen LogP contribution in [0.4, 0.5) is 4.79 Å². The average Bonchev–Trinajstić information content (AvgIpc) is 2.91. The van der Waals surface area contributed by atoms with Gasteiger partial charge in [-0.15, -0.1) is 0 Å². The number of aryl methyl sites for hydroxylation is 1. The van der Waals surface area contributed by atoms with Crippen LogP contribution in [0.5, 0.6) is 0 Å². The highest BCUT2D eigenvalue weighted by Crippen LogP contribution is 2.34. The molecule has 1 amide bonds. The normalized spacial score (nSPS) is 20.9. The van der Waals surface area contributed by atoms with Gasteiger partial charge < -0.3 is 9.84 Å². The summed E-state index contributed by atoms with van der Waals surface area (Å²) >= 11 is 0. The van der Waals surface area contributed by atoms with Gasteiger partial charge in [0.25, 0.3) is 0 Å². The molecule has 7 heteroatoms. The largest absolute Gasteiger partial charge is 0.480 e. The minimum Gasteiger partial charge on any atom is -0.480 e. The molecule has 120 valence electrons. The zero-order valence-corrected chi connectivity index (χ0v) is 14.2. The van der Waals surface area contributed by atoms with Gasteiger partial charge in [-0.25, -0.2) is 9.59 Å². The predicted octanol–water partition coefficient (Wildman–Crippen LogP) is 3.17. The molecule has 1 aromatic rings. The molecular formula is C15H19NO4S2. The topological polar surface area (TPSA) is 66.8 Å². The summed E-state index contributed by atoms with van der Waals surface area (Å²) in [4.78, 5) is 24.8. The van der Waals surface area contributed by atoms with E-state index < -0.39 is 18.1 Å². The van der Waals surface area contributed by atoms with Crippen LogP contribution in [0.1, 0.15) is 17.5 Å². The van der Waals surface area contributed by atoms with Gasteiger partial charge in [0.05, 0.1) is 0 Å². The molecule has 22 heavy (non-hydrogen) atoms. The molecule has 1 fully saturated rings. The smallest absolute Gasteiger partial charge is 0.410 e. The van der Waals surface area contributed by atoms with Crippen LogP contribution in [0.15, 0.2) is 24.3 Å². The highest BCUT2D eigenvalue weighted by Gasteiger charge is 2.40. The monoisotopic (exact) mass is 341 g/mol. The summed E-state index contributed by atoms with van der Waals surface area (Å²) in [5, 5.41) is 9.40. The molecule has 1 aliphatic heterocycles. The molecular weight excluding hydrogens is 322 g/mol. The van der Waals surface area contributed by atoms with E-state index in [0.717, 1.165) is 11.1 Å². The Balaban J connectivity index is 1.94. The van der Waals surface area contributed by atoms with Gasteiger partial charge in [-0.05, 0) is 25.2 Å². The third-order valence-corrected chi connectivity index (χ3v) is 5.70. The van der Waals surface area contributed by atoms with Crippen LogP contribution in [0, 0.1) is 6.92 Å². The molecule has 0 saturated carbocycles. The van der Waals surface area contributed by atoms with Crippen molar-refractivity contribution in [2.45, 2.75) is 31.2 Å². The van der Waals surface area contributed by atoms with Crippen LogP contribution in [-0.2, 0) is 16.1 Å². The van der Waals surface area contributed by atoms with E-state index >= 15 is 0 Å². The number of likely N-dealkylation sites (tertiary alicyclic amines) is 1. The number of nitrogens with zero attached hydrogens (tertiary/aromatic N) is 1. The SMILES string of the molecule is CSS[C@@H]1C[C@@H](C(=O)O)N(C(=O)OCc2ccc(C)cc2)C1. The maximum absolute atomic E-state index is 12.2. The van der Waals surface area contributed by atoms with Crippen LogP contribution in [0.2, 0.25) is 0 Å². The van der Waals surface area contributed by atoms with Gasteiger partial charge >= 0.3 is 12.1 Å². The van der Waals surface area contributed by atoms with Gasteiger partial charge in [-0.2, -0.15) is 0 Å². The Labute approximate surface area is 137 Å². The van der Waals surface area contributed by atoms with Crippen LogP contribution < -0.4 is 0 Å². The Morgan fingerprint density at radius 2 is 2.05 bits per heavy atom. The summed E-state index contributed by atoms with van der Waals surface area (Å²) in [5.74, 6) is -0.975. The van der Waals surface area contributed by atoms with Crippen molar-refractivity contribution in [1.29, 1.82) is 0 Å². The van der Waals surface area contributed by atoms with E-state index in [1.165, 1.54) is 4.90 Å². The lowest BCUT2D eigenvalue weighted by atomic mass is 10.2. The van der Waals surface area contributed by atoms with Crippen molar-refractivity contribution in [3.8, 4) is 0 Å². The molecule has 1 saturated heterocycles. The third kappa shape index (κ3) is 4.33. The highest BCUT2D eigenvalue weighted by molar-refractivity contribution is 8.76. The molecule has 1 heterocycles. The molecule has 0 aliphatic carbocycles.